The highest BCUT2D eigenvalue weighted by atomic mass is 16.2. The number of anilines is 1. The monoisotopic (exact) mass is 535 g/mol. The third kappa shape index (κ3) is 4.11. The molecule has 3 saturated heterocycles. The fraction of sp³-hybridized carbons (Fsp3) is 0.500. The molecule has 3 fully saturated rings. The Labute approximate surface area is 226 Å². The molecule has 1 spiro atoms. The third-order valence-corrected chi connectivity index (χ3v) is 8.31. The van der Waals surface area contributed by atoms with Crippen LogP contribution in [0.15, 0.2) is 23.8 Å². The molecule has 206 valence electrons. The van der Waals surface area contributed by atoms with Crippen LogP contribution in [0.3, 0.4) is 0 Å². The number of rotatable bonds is 5. The van der Waals surface area contributed by atoms with Crippen molar-refractivity contribution in [3.63, 3.8) is 0 Å². The summed E-state index contributed by atoms with van der Waals surface area (Å²) < 4.78 is 0. The molecular weight excluding hydrogens is 502 g/mol. The van der Waals surface area contributed by atoms with Gasteiger partial charge in [0.1, 0.15) is 5.57 Å². The van der Waals surface area contributed by atoms with Crippen LogP contribution >= 0.6 is 0 Å². The number of carbonyl (C=O) groups is 6. The molecular formula is C28H33N5O6. The lowest BCUT2D eigenvalue weighted by atomic mass is 9.68. The highest BCUT2D eigenvalue weighted by Gasteiger charge is 2.63. The fourth-order valence-electron chi connectivity index (χ4n) is 6.35. The van der Waals surface area contributed by atoms with E-state index in [1.807, 2.05) is 6.07 Å². The molecule has 4 aliphatic rings. The van der Waals surface area contributed by atoms with E-state index in [2.05, 4.69) is 24.1 Å². The minimum Gasteiger partial charge on any atom is -0.367 e. The molecule has 8 amide bonds. The van der Waals surface area contributed by atoms with Crippen LogP contribution in [0.1, 0.15) is 50.7 Å². The van der Waals surface area contributed by atoms with Gasteiger partial charge in [0.25, 0.3) is 11.8 Å². The molecule has 0 aliphatic carbocycles. The first-order valence-corrected chi connectivity index (χ1v) is 13.4. The molecule has 4 heterocycles. The van der Waals surface area contributed by atoms with Gasteiger partial charge in [0, 0.05) is 32.9 Å². The number of imide groups is 4. The number of benzene rings is 1. The van der Waals surface area contributed by atoms with Crippen molar-refractivity contribution in [2.24, 2.45) is 11.3 Å². The molecule has 39 heavy (non-hydrogen) atoms. The molecule has 1 aromatic rings. The second kappa shape index (κ2) is 9.62. The lowest BCUT2D eigenvalue weighted by molar-refractivity contribution is -0.159. The Morgan fingerprint density at radius 3 is 2.41 bits per heavy atom. The van der Waals surface area contributed by atoms with Gasteiger partial charge >= 0.3 is 12.1 Å². The lowest BCUT2D eigenvalue weighted by Gasteiger charge is -2.50. The molecule has 0 bridgehead atoms. The summed E-state index contributed by atoms with van der Waals surface area (Å²) in [6, 6.07) is 3.68. The second-order valence-corrected chi connectivity index (χ2v) is 11.2. The van der Waals surface area contributed by atoms with Crippen LogP contribution in [-0.4, -0.2) is 83.6 Å². The van der Waals surface area contributed by atoms with Gasteiger partial charge in [-0.05, 0) is 67.4 Å². The first-order chi connectivity index (χ1) is 18.5. The molecule has 1 atom stereocenters. The quantitative estimate of drug-likeness (QED) is 0.348. The average Bonchev–Trinajstić information content (AvgIpc) is 3.40. The number of carbonyl (C=O) groups excluding carboxylic acids is 6. The van der Waals surface area contributed by atoms with Crippen molar-refractivity contribution in [2.45, 2.75) is 52.0 Å². The van der Waals surface area contributed by atoms with Gasteiger partial charge < -0.3 is 4.90 Å². The highest BCUT2D eigenvalue weighted by molar-refractivity contribution is 6.31. The maximum atomic E-state index is 13.6. The summed E-state index contributed by atoms with van der Waals surface area (Å²) in [5.41, 5.74) is 0.542. The third-order valence-electron chi connectivity index (χ3n) is 8.31. The van der Waals surface area contributed by atoms with Crippen LogP contribution in [0.5, 0.6) is 0 Å². The van der Waals surface area contributed by atoms with Crippen LogP contribution in [0, 0.1) is 11.3 Å². The first-order valence-electron chi connectivity index (χ1n) is 13.4. The average molecular weight is 536 g/mol. The fourth-order valence-corrected chi connectivity index (χ4v) is 6.35. The normalized spacial score (nSPS) is 23.8. The molecule has 1 N–H and O–H groups in total. The van der Waals surface area contributed by atoms with Gasteiger partial charge in [0.05, 0.1) is 6.04 Å². The molecule has 0 aromatic heterocycles. The van der Waals surface area contributed by atoms with E-state index in [1.54, 1.807) is 12.1 Å². The Morgan fingerprint density at radius 1 is 1.05 bits per heavy atom. The summed E-state index contributed by atoms with van der Waals surface area (Å²) in [6.07, 6.45) is 4.45. The van der Waals surface area contributed by atoms with Crippen molar-refractivity contribution in [1.29, 1.82) is 0 Å². The summed E-state index contributed by atoms with van der Waals surface area (Å²) in [5, 5.41) is 2.25. The molecule has 11 nitrogen and oxygen atoms in total. The predicted molar refractivity (Wildman–Crippen MR) is 141 cm³/mol. The largest absolute Gasteiger partial charge is 0.367 e. The highest BCUT2D eigenvalue weighted by Crippen LogP contribution is 2.49. The number of nitrogens with one attached hydrogen (secondary N) is 1. The lowest BCUT2D eigenvalue weighted by Crippen LogP contribution is -2.70. The van der Waals surface area contributed by atoms with Crippen molar-refractivity contribution in [1.82, 2.24) is 20.0 Å². The standard InChI is InChI=1S/C28H33N5O6/c1-16(2)7-5-12-33-23(35)19(22(34)29-26(33)38)14-17-9-10-20-18(13-17)15-28(21-8-6-11-32(20)21)24(36)30(3)27(39)31(4)25(28)37/h9-10,13-14,16,21H,5-8,11-12,15H2,1-4H3,(H,29,34,38). The zero-order chi connectivity index (χ0) is 28.2. The van der Waals surface area contributed by atoms with Gasteiger partial charge in [-0.3, -0.25) is 39.2 Å². The maximum absolute atomic E-state index is 13.6. The zero-order valence-electron chi connectivity index (χ0n) is 22.7. The van der Waals surface area contributed by atoms with Crippen LogP contribution in [0.4, 0.5) is 15.3 Å². The van der Waals surface area contributed by atoms with Crippen LogP contribution in [0.2, 0.25) is 0 Å². The Bertz CT molecular complexity index is 1310. The van der Waals surface area contributed by atoms with Crippen molar-refractivity contribution in [3.05, 3.63) is 34.9 Å². The summed E-state index contributed by atoms with van der Waals surface area (Å²) in [6.45, 7) is 4.98. The van der Waals surface area contributed by atoms with E-state index in [9.17, 15) is 28.8 Å². The minimum atomic E-state index is -1.44. The van der Waals surface area contributed by atoms with Crippen molar-refractivity contribution in [3.8, 4) is 0 Å². The van der Waals surface area contributed by atoms with Gasteiger partial charge in [0.2, 0.25) is 11.8 Å². The number of fused-ring (bicyclic) bond motifs is 4. The van der Waals surface area contributed by atoms with E-state index < -0.39 is 41.1 Å². The Morgan fingerprint density at radius 2 is 1.74 bits per heavy atom. The Hall–Kier alpha value is -4.02. The van der Waals surface area contributed by atoms with Crippen LogP contribution in [0.25, 0.3) is 6.08 Å². The van der Waals surface area contributed by atoms with E-state index in [-0.39, 0.29) is 24.6 Å². The van der Waals surface area contributed by atoms with Crippen molar-refractivity contribution in [2.75, 3.05) is 32.1 Å². The number of urea groups is 2. The van der Waals surface area contributed by atoms with E-state index in [0.29, 0.717) is 36.4 Å². The maximum Gasteiger partial charge on any atom is 0.332 e. The second-order valence-electron chi connectivity index (χ2n) is 11.2. The number of barbiturate groups is 2. The number of hydrogen-bond acceptors (Lipinski definition) is 7. The zero-order valence-corrected chi connectivity index (χ0v) is 22.7. The van der Waals surface area contributed by atoms with Crippen LogP contribution < -0.4 is 10.2 Å². The molecule has 0 saturated carbocycles. The smallest absolute Gasteiger partial charge is 0.332 e. The van der Waals surface area contributed by atoms with Gasteiger partial charge in [-0.1, -0.05) is 19.9 Å². The molecule has 0 radical (unpaired) electrons. The SMILES string of the molecule is CC(C)CCCN1C(=O)NC(=O)C(=Cc2ccc3c(c2)CC2(C(=O)N(C)C(=O)N(C)C2=O)C2CCCN32)C1=O. The van der Waals surface area contributed by atoms with Gasteiger partial charge in [-0.2, -0.15) is 0 Å². The van der Waals surface area contributed by atoms with Crippen molar-refractivity contribution >= 4 is 47.5 Å². The summed E-state index contributed by atoms with van der Waals surface area (Å²) in [5.74, 6) is -2.03. The van der Waals surface area contributed by atoms with E-state index in [0.717, 1.165) is 33.2 Å². The van der Waals surface area contributed by atoms with E-state index >= 15 is 0 Å². The Kier molecular flexibility index (Phi) is 6.56. The first kappa shape index (κ1) is 26.6. The summed E-state index contributed by atoms with van der Waals surface area (Å²) in [4.78, 5) is 82.9. The number of hydrogen-bond donors (Lipinski definition) is 1. The van der Waals surface area contributed by atoms with Crippen molar-refractivity contribution < 1.29 is 28.8 Å². The number of amides is 8. The Balaban J connectivity index is 1.50. The predicted octanol–water partition coefficient (Wildman–Crippen LogP) is 2.15. The van der Waals surface area contributed by atoms with E-state index in [1.165, 1.54) is 20.2 Å². The number of nitrogens with zero attached hydrogens (tertiary/aromatic N) is 4. The van der Waals surface area contributed by atoms with Gasteiger partial charge in [0.15, 0.2) is 5.41 Å². The summed E-state index contributed by atoms with van der Waals surface area (Å²) >= 11 is 0. The molecule has 1 unspecified atom stereocenters. The minimum absolute atomic E-state index is 0.0973. The van der Waals surface area contributed by atoms with Gasteiger partial charge in [-0.25, -0.2) is 9.59 Å². The van der Waals surface area contributed by atoms with Crippen LogP contribution in [-0.2, 0) is 25.6 Å². The van der Waals surface area contributed by atoms with Gasteiger partial charge in [-0.15, -0.1) is 0 Å². The molecule has 11 heteroatoms. The summed E-state index contributed by atoms with van der Waals surface area (Å²) in [7, 11) is 2.79. The molecule has 4 aliphatic heterocycles. The molecule has 1 aromatic carbocycles. The topological polar surface area (TPSA) is 127 Å². The van der Waals surface area contributed by atoms with E-state index in [4.69, 9.17) is 0 Å². The molecule has 5 rings (SSSR count).